The van der Waals surface area contributed by atoms with Crippen LogP contribution in [0.2, 0.25) is 0 Å². The van der Waals surface area contributed by atoms with Gasteiger partial charge in [-0.2, -0.15) is 0 Å². The van der Waals surface area contributed by atoms with Gasteiger partial charge < -0.3 is 13.8 Å². The van der Waals surface area contributed by atoms with Crippen LogP contribution in [0.4, 0.5) is 0 Å². The third kappa shape index (κ3) is 12.2. The minimum atomic E-state index is -0.341. The number of allylic oxidation sites excluding steroid dienone is 2. The molecule has 0 aromatic carbocycles. The highest BCUT2D eigenvalue weighted by Gasteiger charge is 2.43. The number of hydrogen-bond acceptors (Lipinski definition) is 5. The number of hydrogen-bond donors (Lipinski definition) is 0. The number of Topliss-reactive ketones (excluding diaryl/α,β-unsaturated/α-hetero) is 1. The van der Waals surface area contributed by atoms with E-state index in [0.717, 1.165) is 38.5 Å². The maximum atomic E-state index is 12.5. The molecule has 1 aliphatic carbocycles. The van der Waals surface area contributed by atoms with Crippen LogP contribution in [-0.4, -0.2) is 32.6 Å². The molecule has 1 rings (SSSR count). The van der Waals surface area contributed by atoms with Crippen LogP contribution in [0.25, 0.3) is 0 Å². The van der Waals surface area contributed by atoms with E-state index in [-0.39, 0.29) is 54.9 Å². The van der Waals surface area contributed by atoms with Crippen molar-refractivity contribution in [2.24, 2.45) is 11.8 Å². The summed E-state index contributed by atoms with van der Waals surface area (Å²) in [5.74, 6) is 0.501. The van der Waals surface area contributed by atoms with E-state index >= 15 is 0 Å². The molecule has 1 aliphatic rings. The van der Waals surface area contributed by atoms with E-state index < -0.39 is 0 Å². The molecule has 0 N–H and O–H groups in total. The smallest absolute Gasteiger partial charge is 0.306 e. The first-order valence-corrected chi connectivity index (χ1v) is 13.2. The summed E-state index contributed by atoms with van der Waals surface area (Å²) in [5.41, 5.74) is 0. The van der Waals surface area contributed by atoms with Crippen molar-refractivity contribution in [2.75, 3.05) is 0 Å². The van der Waals surface area contributed by atoms with Gasteiger partial charge in [-0.3, -0.25) is 9.59 Å². The highest BCUT2D eigenvalue weighted by molar-refractivity contribution is 7.10. The fraction of sp³-hybridized carbons (Fsp3) is 0.840. The van der Waals surface area contributed by atoms with E-state index in [9.17, 15) is 9.59 Å². The minimum Gasteiger partial charge on any atom is -0.463 e. The number of rotatable bonds is 20. The fourth-order valence-electron chi connectivity index (χ4n) is 4.56. The van der Waals surface area contributed by atoms with Gasteiger partial charge in [-0.1, -0.05) is 44.8 Å². The van der Waals surface area contributed by atoms with E-state index in [4.69, 9.17) is 16.3 Å². The first kappa shape index (κ1) is 26.3. The molecule has 0 amide bonds. The Bertz CT molecular complexity index is 592. The Kier molecular flexibility index (Phi) is 14.8. The summed E-state index contributed by atoms with van der Waals surface area (Å²) in [6.07, 6.45) is 15.1. The number of esters is 1. The molecular weight excluding hydrogens is 442 g/mol. The first-order valence-electron chi connectivity index (χ1n) is 13.4. The highest BCUT2D eigenvalue weighted by Crippen LogP contribution is 2.43. The molecular formula is C25H46O5P2. The summed E-state index contributed by atoms with van der Waals surface area (Å²) >= 11 is 0. The van der Waals surface area contributed by atoms with Crippen molar-refractivity contribution in [3.8, 4) is 0 Å². The van der Waals surface area contributed by atoms with Gasteiger partial charge in [0.1, 0.15) is 5.78 Å². The molecule has 1 fully saturated rings. The molecule has 7 heteroatoms. The maximum Gasteiger partial charge on any atom is 0.306 e. The standard InChI is InChI=1S/C25H46O5P2/c1-4-5-6-7-10-13-20(26)16-17-22-21(23(29-31)18-24(22)30-32)14-11-8-9-12-15-25(27)28-19(2)3/h8,11,19,21-24H,4-7,9-10,12-18,31-32H2,1-3H3/b11-8-/t21?,22-,23+,24-/m1/s1/i31T,32T/t21?,22-,23+,24-,31?,32?. The second-order valence-corrected chi connectivity index (χ2v) is 9.73. The van der Waals surface area contributed by atoms with Gasteiger partial charge >= 0.3 is 5.97 Å². The predicted octanol–water partition coefficient (Wildman–Crippen LogP) is 6.75. The third-order valence-corrected chi connectivity index (χ3v) is 6.89. The lowest BCUT2D eigenvalue weighted by Crippen LogP contribution is -2.23. The third-order valence-electron chi connectivity index (χ3n) is 6.28. The summed E-state index contributed by atoms with van der Waals surface area (Å²) in [7, 11) is -0.678. The zero-order chi connectivity index (χ0) is 25.2. The van der Waals surface area contributed by atoms with Crippen LogP contribution >= 0.6 is 18.8 Å². The van der Waals surface area contributed by atoms with E-state index in [1.165, 1.54) is 19.3 Å². The van der Waals surface area contributed by atoms with Gasteiger partial charge in [0.05, 0.1) is 20.9 Å². The number of ether oxygens (including phenoxy) is 1. The molecule has 186 valence electrons. The van der Waals surface area contributed by atoms with Gasteiger partial charge in [-0.05, 0) is 57.8 Å². The number of ketones is 1. The Morgan fingerprint density at radius 3 is 2.38 bits per heavy atom. The molecule has 5 nitrogen and oxygen atoms in total. The maximum absolute atomic E-state index is 12.5. The summed E-state index contributed by atoms with van der Waals surface area (Å²) in [6.45, 7) is 5.90. The summed E-state index contributed by atoms with van der Waals surface area (Å²) in [5, 5.41) is 0. The van der Waals surface area contributed by atoms with Gasteiger partial charge in [0.2, 0.25) is 0 Å². The second kappa shape index (κ2) is 18.0. The van der Waals surface area contributed by atoms with E-state index in [1.54, 1.807) is 0 Å². The highest BCUT2D eigenvalue weighted by atomic mass is 31.0. The topological polar surface area (TPSA) is 61.8 Å². The molecule has 0 heterocycles. The van der Waals surface area contributed by atoms with E-state index in [1.807, 2.05) is 13.8 Å². The molecule has 0 bridgehead atoms. The fourth-order valence-corrected chi connectivity index (χ4v) is 5.11. The first-order chi connectivity index (χ1) is 16.4. The number of carbonyl (C=O) groups is 2. The molecule has 3 unspecified atom stereocenters. The van der Waals surface area contributed by atoms with Gasteiger partial charge in [0, 0.05) is 44.5 Å². The summed E-state index contributed by atoms with van der Waals surface area (Å²) < 4.78 is 31.8. The van der Waals surface area contributed by atoms with Crippen molar-refractivity contribution in [1.29, 1.82) is 2.56 Å². The van der Waals surface area contributed by atoms with Gasteiger partial charge in [-0.15, -0.1) is 0 Å². The lowest BCUT2D eigenvalue weighted by molar-refractivity contribution is -0.147. The van der Waals surface area contributed by atoms with Gasteiger partial charge in [0.25, 0.3) is 0 Å². The van der Waals surface area contributed by atoms with Crippen molar-refractivity contribution in [3.05, 3.63) is 12.2 Å². The molecule has 0 aliphatic heterocycles. The van der Waals surface area contributed by atoms with Crippen LogP contribution in [0.15, 0.2) is 12.2 Å². The molecule has 32 heavy (non-hydrogen) atoms. The van der Waals surface area contributed by atoms with Crippen molar-refractivity contribution < 1.29 is 23.4 Å². The normalized spacial score (nSPS) is 24.9. The van der Waals surface area contributed by atoms with Crippen LogP contribution in [0.5, 0.6) is 0 Å². The zero-order valence-corrected chi connectivity index (χ0v) is 22.3. The van der Waals surface area contributed by atoms with Crippen molar-refractivity contribution >= 4 is 30.6 Å². The predicted molar refractivity (Wildman–Crippen MR) is 137 cm³/mol. The van der Waals surface area contributed by atoms with E-state index in [0.29, 0.717) is 31.5 Å². The molecule has 0 aromatic heterocycles. The molecule has 6 atom stereocenters. The Morgan fingerprint density at radius 1 is 0.969 bits per heavy atom. The average Bonchev–Trinajstić information content (AvgIpc) is 3.10. The molecule has 0 aromatic rings. The average molecular weight is 493 g/mol. The number of carbonyl (C=O) groups excluding carboxylic acids is 2. The Hall–Kier alpha value is -0.340. The zero-order valence-electron chi connectivity index (χ0n) is 22.3. The largest absolute Gasteiger partial charge is 0.463 e. The monoisotopic (exact) mass is 492 g/mol. The van der Waals surface area contributed by atoms with Crippen molar-refractivity contribution in [2.45, 2.75) is 123 Å². The van der Waals surface area contributed by atoms with E-state index in [2.05, 4.69) is 19.1 Å². The van der Waals surface area contributed by atoms with Crippen LogP contribution in [0.1, 0.15) is 104 Å². The molecule has 0 radical (unpaired) electrons. The Morgan fingerprint density at radius 2 is 1.69 bits per heavy atom. The summed E-state index contributed by atoms with van der Waals surface area (Å²) in [6, 6.07) is 0. The molecule has 1 saturated carbocycles. The molecule has 0 saturated heterocycles. The van der Waals surface area contributed by atoms with Crippen LogP contribution in [0.3, 0.4) is 0 Å². The van der Waals surface area contributed by atoms with Crippen molar-refractivity contribution in [3.63, 3.8) is 0 Å². The quantitative estimate of drug-likeness (QED) is 0.0814. The minimum absolute atomic E-state index is 0.0722. The second-order valence-electron chi connectivity index (χ2n) is 9.26. The SMILES string of the molecule is [3H]PO[C@H]1C[C@@H](OP[3H])[C@H](CCC(=O)CCCCCCC)C1C/C=C\CCCC(=O)OC(C)C. The van der Waals surface area contributed by atoms with Gasteiger partial charge in [-0.25, -0.2) is 0 Å². The van der Waals surface area contributed by atoms with Gasteiger partial charge in [0.15, 0.2) is 0 Å². The lowest BCUT2D eigenvalue weighted by Gasteiger charge is -2.24. The summed E-state index contributed by atoms with van der Waals surface area (Å²) in [4.78, 5) is 24.1. The molecule has 0 spiro atoms. The van der Waals surface area contributed by atoms with Crippen LogP contribution < -0.4 is 0 Å². The Labute approximate surface area is 203 Å². The van der Waals surface area contributed by atoms with Crippen molar-refractivity contribution in [1.82, 2.24) is 0 Å². The lowest BCUT2D eigenvalue weighted by atomic mass is 9.86. The van der Waals surface area contributed by atoms with Crippen LogP contribution in [-0.2, 0) is 23.4 Å². The number of unbranched alkanes of at least 4 members (excludes halogenated alkanes) is 5. The van der Waals surface area contributed by atoms with Crippen LogP contribution in [0, 0.1) is 11.8 Å². The Balaban J connectivity index is 2.57.